The number of aliphatic hydroxyl groups excluding tert-OH is 1. The van der Waals surface area contributed by atoms with Crippen molar-refractivity contribution in [3.05, 3.63) is 20.8 Å². The molecule has 1 aromatic heterocycles. The van der Waals surface area contributed by atoms with E-state index in [2.05, 4.69) is 9.97 Å². The molecule has 0 bridgehead atoms. The summed E-state index contributed by atoms with van der Waals surface area (Å²) in [7, 11) is 0. The van der Waals surface area contributed by atoms with Gasteiger partial charge in [0.2, 0.25) is 0 Å². The zero-order valence-electron chi connectivity index (χ0n) is 11.1. The lowest BCUT2D eigenvalue weighted by atomic mass is 10.4. The fourth-order valence-corrected chi connectivity index (χ4v) is 2.29. The number of hydrogen-bond acceptors (Lipinski definition) is 6. The van der Waals surface area contributed by atoms with E-state index in [9.17, 15) is 9.59 Å². The molecule has 1 aliphatic rings. The van der Waals surface area contributed by atoms with Crippen LogP contribution in [-0.4, -0.2) is 53.0 Å². The Hall–Kier alpha value is -1.80. The van der Waals surface area contributed by atoms with Gasteiger partial charge in [0, 0.05) is 19.6 Å². The summed E-state index contributed by atoms with van der Waals surface area (Å²) < 4.78 is 0. The lowest BCUT2D eigenvalue weighted by molar-refractivity contribution is 0.191. The van der Waals surface area contributed by atoms with Crippen LogP contribution in [0.5, 0.6) is 0 Å². The number of likely N-dealkylation sites (N-methyl/N-ethyl adjacent to an activating group) is 1. The summed E-state index contributed by atoms with van der Waals surface area (Å²) in [6.07, 6.45) is 0. The Labute approximate surface area is 110 Å². The number of hydrogen-bond donors (Lipinski definition) is 3. The summed E-state index contributed by atoms with van der Waals surface area (Å²) in [5, 5.41) is 12.8. The van der Waals surface area contributed by atoms with Crippen molar-refractivity contribution in [3.8, 4) is 0 Å². The molecule has 0 radical (unpaired) electrons. The maximum atomic E-state index is 12.0. The number of aromatic nitrogens is 2. The van der Waals surface area contributed by atoms with Crippen LogP contribution in [0, 0.1) is 0 Å². The van der Waals surface area contributed by atoms with E-state index in [0.717, 1.165) is 0 Å². The maximum Gasteiger partial charge on any atom is 0.327 e. The van der Waals surface area contributed by atoms with Gasteiger partial charge in [-0.2, -0.15) is 0 Å². The van der Waals surface area contributed by atoms with E-state index in [-0.39, 0.29) is 6.61 Å². The number of aromatic amines is 2. The zero-order chi connectivity index (χ0) is 14.0. The van der Waals surface area contributed by atoms with Gasteiger partial charge in [-0.25, -0.2) is 9.80 Å². The summed E-state index contributed by atoms with van der Waals surface area (Å²) in [5.74, 6) is 0.535. The molecule has 0 aliphatic carbocycles. The van der Waals surface area contributed by atoms with Gasteiger partial charge in [-0.3, -0.25) is 19.8 Å². The first kappa shape index (κ1) is 13.6. The highest BCUT2D eigenvalue weighted by Gasteiger charge is 2.32. The molecular weight excluding hydrogens is 250 g/mol. The van der Waals surface area contributed by atoms with Gasteiger partial charge in [0.25, 0.3) is 5.56 Å². The van der Waals surface area contributed by atoms with Crippen molar-refractivity contribution < 1.29 is 5.11 Å². The Morgan fingerprint density at radius 2 is 2.05 bits per heavy atom. The molecule has 1 aliphatic heterocycles. The van der Waals surface area contributed by atoms with Gasteiger partial charge >= 0.3 is 5.69 Å². The van der Waals surface area contributed by atoms with Gasteiger partial charge in [-0.1, -0.05) is 6.92 Å². The van der Waals surface area contributed by atoms with E-state index in [0.29, 0.717) is 37.8 Å². The van der Waals surface area contributed by atoms with E-state index in [1.165, 1.54) is 0 Å². The SMILES string of the molecule is CCN1CN(N(CC)CCO)c2c1[nH]c(=O)[nH]c2=O. The second-order valence-electron chi connectivity index (χ2n) is 4.27. The molecule has 2 rings (SSSR count). The summed E-state index contributed by atoms with van der Waals surface area (Å²) >= 11 is 0. The summed E-state index contributed by atoms with van der Waals surface area (Å²) in [5.41, 5.74) is -0.489. The average molecular weight is 269 g/mol. The highest BCUT2D eigenvalue weighted by Crippen LogP contribution is 2.29. The van der Waals surface area contributed by atoms with Crippen LogP contribution in [0.4, 0.5) is 11.5 Å². The molecule has 0 saturated heterocycles. The molecule has 1 aromatic rings. The highest BCUT2D eigenvalue weighted by atomic mass is 16.3. The monoisotopic (exact) mass is 269 g/mol. The Morgan fingerprint density at radius 3 is 2.63 bits per heavy atom. The minimum Gasteiger partial charge on any atom is -0.395 e. The van der Waals surface area contributed by atoms with Crippen molar-refractivity contribution >= 4 is 11.5 Å². The van der Waals surface area contributed by atoms with Gasteiger partial charge in [0.05, 0.1) is 6.61 Å². The fourth-order valence-electron chi connectivity index (χ4n) is 2.29. The van der Waals surface area contributed by atoms with Crippen LogP contribution in [0.3, 0.4) is 0 Å². The van der Waals surface area contributed by atoms with E-state index in [4.69, 9.17) is 5.11 Å². The van der Waals surface area contributed by atoms with Gasteiger partial charge in [-0.15, -0.1) is 0 Å². The molecule has 0 saturated carbocycles. The smallest absolute Gasteiger partial charge is 0.327 e. The van der Waals surface area contributed by atoms with Gasteiger partial charge in [0.15, 0.2) is 5.69 Å². The third-order valence-corrected chi connectivity index (χ3v) is 3.22. The molecule has 8 nitrogen and oxygen atoms in total. The first-order chi connectivity index (χ1) is 9.12. The van der Waals surface area contributed by atoms with Crippen molar-refractivity contribution in [2.75, 3.05) is 42.8 Å². The second-order valence-corrected chi connectivity index (χ2v) is 4.27. The molecular formula is C11H19N5O3. The molecule has 0 fully saturated rings. The minimum absolute atomic E-state index is 0.00700. The summed E-state index contributed by atoms with van der Waals surface area (Å²) in [6, 6.07) is 0. The number of rotatable bonds is 5. The van der Waals surface area contributed by atoms with Crippen molar-refractivity contribution in [2.45, 2.75) is 13.8 Å². The van der Waals surface area contributed by atoms with E-state index in [1.807, 2.05) is 23.8 Å². The van der Waals surface area contributed by atoms with Gasteiger partial charge < -0.3 is 10.0 Å². The highest BCUT2D eigenvalue weighted by molar-refractivity contribution is 5.70. The quantitative estimate of drug-likeness (QED) is 0.628. The molecule has 0 aromatic carbocycles. The number of nitrogens with zero attached hydrogens (tertiary/aromatic N) is 3. The Bertz CT molecular complexity index is 552. The lowest BCUT2D eigenvalue weighted by Crippen LogP contribution is -2.47. The van der Waals surface area contributed by atoms with Crippen LogP contribution in [0.1, 0.15) is 13.8 Å². The predicted molar refractivity (Wildman–Crippen MR) is 72.4 cm³/mol. The van der Waals surface area contributed by atoms with Crippen molar-refractivity contribution in [3.63, 3.8) is 0 Å². The molecule has 8 heteroatoms. The van der Waals surface area contributed by atoms with Crippen LogP contribution in [0.25, 0.3) is 0 Å². The predicted octanol–water partition coefficient (Wildman–Crippen LogP) is -1.10. The van der Waals surface area contributed by atoms with E-state index >= 15 is 0 Å². The Balaban J connectivity index is 2.48. The zero-order valence-corrected chi connectivity index (χ0v) is 11.1. The third-order valence-electron chi connectivity index (χ3n) is 3.22. The number of H-pyrrole nitrogens is 2. The Kier molecular flexibility index (Phi) is 3.91. The Morgan fingerprint density at radius 1 is 1.32 bits per heavy atom. The molecule has 2 heterocycles. The minimum atomic E-state index is -0.505. The number of fused-ring (bicyclic) bond motifs is 1. The van der Waals surface area contributed by atoms with Crippen LogP contribution >= 0.6 is 0 Å². The number of nitrogens with one attached hydrogen (secondary N) is 2. The van der Waals surface area contributed by atoms with Gasteiger partial charge in [0.1, 0.15) is 12.5 Å². The van der Waals surface area contributed by atoms with Crippen LogP contribution in [-0.2, 0) is 0 Å². The second kappa shape index (κ2) is 5.45. The van der Waals surface area contributed by atoms with Crippen molar-refractivity contribution in [2.24, 2.45) is 0 Å². The van der Waals surface area contributed by atoms with E-state index in [1.54, 1.807) is 5.01 Å². The van der Waals surface area contributed by atoms with Crippen molar-refractivity contribution in [1.82, 2.24) is 15.0 Å². The third kappa shape index (κ3) is 2.36. The molecule has 19 heavy (non-hydrogen) atoms. The van der Waals surface area contributed by atoms with Crippen LogP contribution in [0.2, 0.25) is 0 Å². The topological polar surface area (TPSA) is 95.7 Å². The summed E-state index contributed by atoms with van der Waals surface area (Å²) in [6.45, 7) is 6.18. The molecule has 3 N–H and O–H groups in total. The van der Waals surface area contributed by atoms with Crippen molar-refractivity contribution in [1.29, 1.82) is 0 Å². The number of aliphatic hydroxyl groups is 1. The average Bonchev–Trinajstić information content (AvgIpc) is 2.74. The first-order valence-corrected chi connectivity index (χ1v) is 6.37. The molecule has 0 unspecified atom stereocenters. The van der Waals surface area contributed by atoms with Crippen LogP contribution in [0.15, 0.2) is 9.59 Å². The number of anilines is 2. The normalized spacial score (nSPS) is 14.3. The summed E-state index contributed by atoms with van der Waals surface area (Å²) in [4.78, 5) is 30.2. The maximum absolute atomic E-state index is 12.0. The van der Waals surface area contributed by atoms with E-state index < -0.39 is 11.2 Å². The standard InChI is InChI=1S/C11H19N5O3/c1-3-14-7-16(15(4-2)5-6-17)8-9(14)12-11(19)13-10(8)18/h17H,3-7H2,1-2H3,(H2,12,13,18,19). The fraction of sp³-hybridized carbons (Fsp3) is 0.636. The molecule has 0 spiro atoms. The number of hydrazine groups is 1. The van der Waals surface area contributed by atoms with Crippen LogP contribution < -0.4 is 21.2 Å². The molecule has 0 amide bonds. The molecule has 0 atom stereocenters. The molecule has 106 valence electrons. The lowest BCUT2D eigenvalue weighted by Gasteiger charge is -2.31. The largest absolute Gasteiger partial charge is 0.395 e. The first-order valence-electron chi connectivity index (χ1n) is 6.37. The van der Waals surface area contributed by atoms with Gasteiger partial charge in [-0.05, 0) is 6.92 Å².